The monoisotopic (exact) mass is 268 g/mol. The van der Waals surface area contributed by atoms with Gasteiger partial charge in [-0.2, -0.15) is 4.98 Å². The Labute approximate surface area is 109 Å². The molecule has 0 aliphatic carbocycles. The maximum atomic E-state index is 12.0. The van der Waals surface area contributed by atoms with Gasteiger partial charge in [0.05, 0.1) is 0 Å². The first-order valence-electron chi connectivity index (χ1n) is 6.13. The molecule has 0 aromatic carbocycles. The van der Waals surface area contributed by atoms with Crippen molar-refractivity contribution in [3.8, 4) is 0 Å². The van der Waals surface area contributed by atoms with E-state index >= 15 is 0 Å². The average molecular weight is 268 g/mol. The van der Waals surface area contributed by atoms with Crippen LogP contribution in [0.15, 0.2) is 4.90 Å². The number of nitrogens with one attached hydrogen (secondary N) is 1. The molecule has 1 aromatic heterocycles. The van der Waals surface area contributed by atoms with Crippen molar-refractivity contribution >= 4 is 22.9 Å². The molecule has 1 aromatic rings. The first-order valence-corrected chi connectivity index (χ1v) is 7.45. The van der Waals surface area contributed by atoms with E-state index in [-0.39, 0.29) is 5.95 Å². The van der Waals surface area contributed by atoms with Gasteiger partial charge in [0.2, 0.25) is 10.8 Å². The molecule has 1 fully saturated rings. The van der Waals surface area contributed by atoms with Crippen LogP contribution in [0.3, 0.4) is 0 Å². The van der Waals surface area contributed by atoms with Crippen LogP contribution in [0.4, 0.5) is 11.8 Å². The van der Waals surface area contributed by atoms with Crippen LogP contribution in [0.1, 0.15) is 18.5 Å². The minimum atomic E-state index is -0.996. The number of nitrogens with two attached hydrogens (primary N) is 1. The molecule has 6 nitrogen and oxygen atoms in total. The Hall–Kier alpha value is -1.05. The van der Waals surface area contributed by atoms with Crippen molar-refractivity contribution in [1.29, 1.82) is 0 Å². The van der Waals surface area contributed by atoms with Gasteiger partial charge in [-0.3, -0.25) is 0 Å². The largest absolute Gasteiger partial charge is 0.611 e. The van der Waals surface area contributed by atoms with Crippen LogP contribution in [-0.4, -0.2) is 39.5 Å². The summed E-state index contributed by atoms with van der Waals surface area (Å²) < 4.78 is 17.3. The molecular weight excluding hydrogens is 252 g/mol. The number of anilines is 2. The van der Waals surface area contributed by atoms with E-state index in [2.05, 4.69) is 15.3 Å². The van der Waals surface area contributed by atoms with Crippen LogP contribution in [0.2, 0.25) is 0 Å². The summed E-state index contributed by atoms with van der Waals surface area (Å²) in [4.78, 5) is 9.12. The van der Waals surface area contributed by atoms with Gasteiger partial charge >= 0.3 is 0 Å². The van der Waals surface area contributed by atoms with Gasteiger partial charge in [0.25, 0.3) is 0 Å². The third kappa shape index (κ3) is 2.25. The number of hydrogen-bond donors (Lipinski definition) is 2. The zero-order chi connectivity index (χ0) is 12.5. The van der Waals surface area contributed by atoms with Crippen LogP contribution in [0.5, 0.6) is 0 Å². The van der Waals surface area contributed by atoms with Crippen molar-refractivity contribution in [3.05, 3.63) is 5.69 Å². The van der Waals surface area contributed by atoms with Gasteiger partial charge in [0.15, 0.2) is 5.82 Å². The van der Waals surface area contributed by atoms with Gasteiger partial charge in [0.1, 0.15) is 11.4 Å². The number of nitrogens with zero attached hydrogens (tertiary/aromatic N) is 2. The molecule has 18 heavy (non-hydrogen) atoms. The molecule has 2 aliphatic rings. The maximum absolute atomic E-state index is 12.0. The van der Waals surface area contributed by atoms with E-state index in [1.165, 1.54) is 0 Å². The average Bonchev–Trinajstić information content (AvgIpc) is 2.72. The molecule has 1 atom stereocenters. The van der Waals surface area contributed by atoms with Crippen LogP contribution in [-0.2, 0) is 22.3 Å². The Bertz CT molecular complexity index is 451. The van der Waals surface area contributed by atoms with Crippen LogP contribution < -0.4 is 11.1 Å². The molecule has 0 bridgehead atoms. The fraction of sp³-hybridized carbons (Fsp3) is 0.636. The predicted molar refractivity (Wildman–Crippen MR) is 68.9 cm³/mol. The fourth-order valence-electron chi connectivity index (χ4n) is 2.35. The lowest BCUT2D eigenvalue weighted by Crippen LogP contribution is -2.29. The van der Waals surface area contributed by atoms with Gasteiger partial charge < -0.3 is 20.3 Å². The molecule has 0 saturated carbocycles. The number of nitrogen functional groups attached to an aromatic ring is 1. The van der Waals surface area contributed by atoms with Gasteiger partial charge in [-0.15, -0.1) is 0 Å². The van der Waals surface area contributed by atoms with Crippen molar-refractivity contribution in [2.24, 2.45) is 0 Å². The molecule has 0 spiro atoms. The molecule has 3 N–H and O–H groups in total. The highest BCUT2D eigenvalue weighted by molar-refractivity contribution is 7.91. The summed E-state index contributed by atoms with van der Waals surface area (Å²) in [5.41, 5.74) is 6.53. The molecule has 1 saturated heterocycles. The molecule has 3 heterocycles. The van der Waals surface area contributed by atoms with Crippen LogP contribution in [0, 0.1) is 0 Å². The molecular formula is C11H16N4O2S. The first kappa shape index (κ1) is 12.0. The van der Waals surface area contributed by atoms with E-state index < -0.39 is 11.2 Å². The van der Waals surface area contributed by atoms with E-state index in [1.807, 2.05) is 0 Å². The van der Waals surface area contributed by atoms with Crippen molar-refractivity contribution in [2.45, 2.75) is 30.2 Å². The summed E-state index contributed by atoms with van der Waals surface area (Å²) in [6, 6.07) is 0.315. The van der Waals surface area contributed by atoms with Crippen molar-refractivity contribution in [1.82, 2.24) is 9.97 Å². The van der Waals surface area contributed by atoms with Gasteiger partial charge in [-0.05, 0) is 24.0 Å². The number of ether oxygens (including phenoxy) is 1. The number of aromatic nitrogens is 2. The molecule has 98 valence electrons. The highest BCUT2D eigenvalue weighted by Crippen LogP contribution is 2.31. The lowest BCUT2D eigenvalue weighted by Gasteiger charge is -2.24. The van der Waals surface area contributed by atoms with E-state index in [9.17, 15) is 4.55 Å². The Balaban J connectivity index is 1.86. The summed E-state index contributed by atoms with van der Waals surface area (Å²) in [5.74, 6) is 1.53. The number of aryl methyl sites for hydroxylation is 1. The molecule has 3 rings (SSSR count). The Morgan fingerprint density at radius 3 is 2.89 bits per heavy atom. The van der Waals surface area contributed by atoms with E-state index in [0.29, 0.717) is 17.6 Å². The van der Waals surface area contributed by atoms with Crippen molar-refractivity contribution in [2.75, 3.05) is 30.0 Å². The first-order chi connectivity index (χ1) is 8.74. The number of hydrogen-bond acceptors (Lipinski definition) is 6. The predicted octanol–water partition coefficient (Wildman–Crippen LogP) is 0.313. The van der Waals surface area contributed by atoms with Gasteiger partial charge in [0, 0.05) is 25.7 Å². The fourth-order valence-corrected chi connectivity index (χ4v) is 3.66. The summed E-state index contributed by atoms with van der Waals surface area (Å²) >= 11 is -0.996. The van der Waals surface area contributed by atoms with E-state index in [4.69, 9.17) is 10.5 Å². The van der Waals surface area contributed by atoms with E-state index in [1.54, 1.807) is 0 Å². The minimum Gasteiger partial charge on any atom is -0.611 e. The third-order valence-corrected chi connectivity index (χ3v) is 4.73. The van der Waals surface area contributed by atoms with Crippen molar-refractivity contribution < 1.29 is 9.29 Å². The quantitative estimate of drug-likeness (QED) is 0.750. The zero-order valence-electron chi connectivity index (χ0n) is 10.0. The Morgan fingerprint density at radius 2 is 2.11 bits per heavy atom. The van der Waals surface area contributed by atoms with Gasteiger partial charge in [-0.25, -0.2) is 4.98 Å². The number of fused-ring (bicyclic) bond motifs is 1. The van der Waals surface area contributed by atoms with Crippen molar-refractivity contribution in [3.63, 3.8) is 0 Å². The number of rotatable bonds is 2. The Morgan fingerprint density at radius 1 is 1.33 bits per heavy atom. The highest BCUT2D eigenvalue weighted by atomic mass is 32.2. The second-order valence-electron chi connectivity index (χ2n) is 4.54. The van der Waals surface area contributed by atoms with Gasteiger partial charge in [-0.1, -0.05) is 0 Å². The zero-order valence-corrected chi connectivity index (χ0v) is 10.8. The molecule has 2 aliphatic heterocycles. The summed E-state index contributed by atoms with van der Waals surface area (Å²) in [5, 5.41) is 3.35. The minimum absolute atomic E-state index is 0.252. The summed E-state index contributed by atoms with van der Waals surface area (Å²) in [6.45, 7) is 1.51. The second kappa shape index (κ2) is 4.91. The normalized spacial score (nSPS) is 23.9. The lowest BCUT2D eigenvalue weighted by molar-refractivity contribution is 0.0903. The molecule has 1 unspecified atom stereocenters. The topological polar surface area (TPSA) is 96.1 Å². The maximum Gasteiger partial charge on any atom is 0.222 e. The molecule has 7 heteroatoms. The highest BCUT2D eigenvalue weighted by Gasteiger charge is 2.32. The third-order valence-electron chi connectivity index (χ3n) is 3.27. The second-order valence-corrected chi connectivity index (χ2v) is 6.04. The molecule has 0 amide bonds. The SMILES string of the molecule is Nc1nc2c(c(NC3CCOCC3)n1)[S+]([O-])CC2. The Kier molecular flexibility index (Phi) is 3.27. The van der Waals surface area contributed by atoms with Crippen LogP contribution >= 0.6 is 0 Å². The standard InChI is InChI=1S/C11H16N4O2S/c12-11-14-8-3-6-18(16)9(8)10(15-11)13-7-1-4-17-5-2-7/h7H,1-6H2,(H3,12,13,14,15). The summed E-state index contributed by atoms with van der Waals surface area (Å²) in [6.07, 6.45) is 2.59. The summed E-state index contributed by atoms with van der Waals surface area (Å²) in [7, 11) is 0. The lowest BCUT2D eigenvalue weighted by atomic mass is 10.1. The smallest absolute Gasteiger partial charge is 0.222 e. The van der Waals surface area contributed by atoms with Crippen LogP contribution in [0.25, 0.3) is 0 Å². The van der Waals surface area contributed by atoms with E-state index in [0.717, 1.165) is 43.1 Å². The molecule has 0 radical (unpaired) electrons.